The molecular weight excluding hydrogens is 470 g/mol. The lowest BCUT2D eigenvalue weighted by Gasteiger charge is -2.29. The lowest BCUT2D eigenvalue weighted by molar-refractivity contribution is 0.00792. The van der Waals surface area contributed by atoms with Gasteiger partial charge in [0.1, 0.15) is 18.3 Å². The van der Waals surface area contributed by atoms with Crippen LogP contribution in [-0.2, 0) is 14.2 Å². The number of aliphatic hydroxyl groups excluding tert-OH is 1. The lowest BCUT2D eigenvalue weighted by Crippen LogP contribution is -2.36. The minimum absolute atomic E-state index is 0.258. The fourth-order valence-electron chi connectivity index (χ4n) is 5.15. The average molecular weight is 498 g/mol. The molecule has 35 heavy (non-hydrogen) atoms. The fraction of sp³-hybridized carbons (Fsp3) is 0.423. The molecule has 3 saturated heterocycles. The maximum atomic E-state index is 10.0. The summed E-state index contributed by atoms with van der Waals surface area (Å²) in [5.74, 6) is 0.584. The van der Waals surface area contributed by atoms with Gasteiger partial charge in [-0.2, -0.15) is 0 Å². The number of aliphatic hydroxyl groups is 1. The molecule has 8 nitrogen and oxygen atoms in total. The van der Waals surface area contributed by atoms with Gasteiger partial charge in [0, 0.05) is 43.0 Å². The highest BCUT2D eigenvalue weighted by Gasteiger charge is 2.48. The number of aromatic nitrogens is 1. The van der Waals surface area contributed by atoms with Crippen LogP contribution in [0.2, 0.25) is 5.02 Å². The third kappa shape index (κ3) is 4.19. The minimum Gasteiger partial charge on any atom is -0.470 e. The third-order valence-corrected chi connectivity index (χ3v) is 7.27. The summed E-state index contributed by atoms with van der Waals surface area (Å²) in [4.78, 5) is 9.93. The topological polar surface area (TPSA) is 88.5 Å². The summed E-state index contributed by atoms with van der Waals surface area (Å²) in [6.45, 7) is 3.92. The van der Waals surface area contributed by atoms with Crippen molar-refractivity contribution < 1.29 is 24.1 Å². The molecule has 0 spiro atoms. The largest absolute Gasteiger partial charge is 0.470 e. The van der Waals surface area contributed by atoms with E-state index in [1.165, 1.54) is 5.69 Å². The third-order valence-electron chi connectivity index (χ3n) is 6.95. The predicted molar refractivity (Wildman–Crippen MR) is 135 cm³/mol. The number of nitrogens with zero attached hydrogens (tertiary/aromatic N) is 2. The van der Waals surface area contributed by atoms with Gasteiger partial charge in [-0.3, -0.25) is 4.99 Å². The summed E-state index contributed by atoms with van der Waals surface area (Å²) < 4.78 is 23.2. The van der Waals surface area contributed by atoms with Crippen molar-refractivity contribution in [3.8, 4) is 17.0 Å². The lowest BCUT2D eigenvalue weighted by atomic mass is 10.0. The van der Waals surface area contributed by atoms with Crippen LogP contribution in [0.4, 0.5) is 5.69 Å². The summed E-state index contributed by atoms with van der Waals surface area (Å²) in [6, 6.07) is 12.5. The number of hydrogen-bond acceptors (Lipinski definition) is 7. The maximum Gasteiger partial charge on any atom is 0.201 e. The van der Waals surface area contributed by atoms with Crippen LogP contribution in [-0.4, -0.2) is 87.3 Å². The van der Waals surface area contributed by atoms with Crippen LogP contribution in [0.15, 0.2) is 41.4 Å². The first kappa shape index (κ1) is 22.8. The second kappa shape index (κ2) is 9.44. The van der Waals surface area contributed by atoms with E-state index in [1.54, 1.807) is 13.3 Å². The molecule has 0 radical (unpaired) electrons. The first-order valence-corrected chi connectivity index (χ1v) is 12.3. The van der Waals surface area contributed by atoms with Gasteiger partial charge in [0.05, 0.1) is 42.5 Å². The molecule has 2 N–H and O–H groups in total. The Morgan fingerprint density at radius 1 is 1.11 bits per heavy atom. The SMILES string of the molecule is CN=Cc1c(O[C@@H]2CO[C@H]3[C@@H]2OC[C@@H]3O)[nH]c2cc(Cl)c(-c3ccc(N4CCOCC4)cc3)cc12. The van der Waals surface area contributed by atoms with Crippen LogP contribution in [0.25, 0.3) is 22.0 Å². The average Bonchev–Trinajstić information content (AvgIpc) is 3.55. The number of hydrogen-bond donors (Lipinski definition) is 2. The molecule has 3 aliphatic rings. The highest BCUT2D eigenvalue weighted by atomic mass is 35.5. The van der Waals surface area contributed by atoms with Crippen molar-refractivity contribution in [2.24, 2.45) is 4.99 Å². The summed E-state index contributed by atoms with van der Waals surface area (Å²) in [5.41, 5.74) is 4.86. The first-order valence-electron chi connectivity index (χ1n) is 11.9. The second-order valence-corrected chi connectivity index (χ2v) is 9.51. The number of benzene rings is 2. The van der Waals surface area contributed by atoms with Crippen LogP contribution in [0.1, 0.15) is 5.56 Å². The van der Waals surface area contributed by atoms with Crippen molar-refractivity contribution in [1.29, 1.82) is 0 Å². The van der Waals surface area contributed by atoms with Gasteiger partial charge >= 0.3 is 0 Å². The van der Waals surface area contributed by atoms with Crippen molar-refractivity contribution in [3.63, 3.8) is 0 Å². The Morgan fingerprint density at radius 2 is 1.89 bits per heavy atom. The molecule has 0 saturated carbocycles. The summed E-state index contributed by atoms with van der Waals surface area (Å²) in [6.07, 6.45) is 0.187. The van der Waals surface area contributed by atoms with E-state index in [2.05, 4.69) is 45.2 Å². The maximum absolute atomic E-state index is 10.0. The number of morpholine rings is 1. The Morgan fingerprint density at radius 3 is 2.66 bits per heavy atom. The van der Waals surface area contributed by atoms with Gasteiger partial charge in [-0.15, -0.1) is 0 Å². The number of anilines is 1. The molecule has 4 atom stereocenters. The number of nitrogens with one attached hydrogen (secondary N) is 1. The van der Waals surface area contributed by atoms with Crippen molar-refractivity contribution in [3.05, 3.63) is 47.0 Å². The monoisotopic (exact) mass is 497 g/mol. The van der Waals surface area contributed by atoms with Gasteiger partial charge < -0.3 is 33.9 Å². The van der Waals surface area contributed by atoms with E-state index in [0.29, 0.717) is 17.5 Å². The Bertz CT molecular complexity index is 1240. The zero-order chi connectivity index (χ0) is 23.9. The van der Waals surface area contributed by atoms with Gasteiger partial charge in [-0.25, -0.2) is 0 Å². The van der Waals surface area contributed by atoms with Gasteiger partial charge in [0.2, 0.25) is 5.88 Å². The highest BCUT2D eigenvalue weighted by molar-refractivity contribution is 6.34. The Balaban J connectivity index is 1.32. The van der Waals surface area contributed by atoms with E-state index < -0.39 is 6.10 Å². The van der Waals surface area contributed by atoms with Gasteiger partial charge in [-0.1, -0.05) is 23.7 Å². The molecule has 1 aromatic heterocycles. The van der Waals surface area contributed by atoms with E-state index in [1.807, 2.05) is 6.07 Å². The minimum atomic E-state index is -0.621. The number of aliphatic imine (C=N–C) groups is 1. The Kier molecular flexibility index (Phi) is 6.16. The summed E-state index contributed by atoms with van der Waals surface area (Å²) in [7, 11) is 1.73. The molecule has 0 amide bonds. The second-order valence-electron chi connectivity index (χ2n) is 9.10. The zero-order valence-corrected chi connectivity index (χ0v) is 20.2. The van der Waals surface area contributed by atoms with Crippen molar-refractivity contribution >= 4 is 34.4 Å². The molecule has 3 aromatic rings. The molecule has 2 aromatic carbocycles. The van der Waals surface area contributed by atoms with Crippen LogP contribution in [0.3, 0.4) is 0 Å². The number of rotatable bonds is 5. The van der Waals surface area contributed by atoms with Crippen molar-refractivity contribution in [2.45, 2.75) is 24.4 Å². The zero-order valence-electron chi connectivity index (χ0n) is 19.4. The molecule has 184 valence electrons. The number of aromatic amines is 1. The number of ether oxygens (including phenoxy) is 4. The van der Waals surface area contributed by atoms with Crippen LogP contribution in [0, 0.1) is 0 Å². The molecule has 0 unspecified atom stereocenters. The van der Waals surface area contributed by atoms with Gasteiger partial charge in [0.15, 0.2) is 6.10 Å². The first-order chi connectivity index (χ1) is 17.1. The Labute approximate surface area is 208 Å². The van der Waals surface area contributed by atoms with Gasteiger partial charge in [-0.05, 0) is 29.8 Å². The van der Waals surface area contributed by atoms with E-state index in [4.69, 9.17) is 30.5 Å². The Hall–Kier alpha value is -2.62. The van der Waals surface area contributed by atoms with Crippen LogP contribution in [0.5, 0.6) is 5.88 Å². The molecule has 0 bridgehead atoms. The highest BCUT2D eigenvalue weighted by Crippen LogP contribution is 2.38. The number of H-pyrrole nitrogens is 1. The molecule has 6 rings (SSSR count). The number of fused-ring (bicyclic) bond motifs is 2. The van der Waals surface area contributed by atoms with Gasteiger partial charge in [0.25, 0.3) is 0 Å². The number of halogens is 1. The predicted octanol–water partition coefficient (Wildman–Crippen LogP) is 3.28. The molecule has 3 aliphatic heterocycles. The van der Waals surface area contributed by atoms with Crippen LogP contribution < -0.4 is 9.64 Å². The summed E-state index contributed by atoms with van der Waals surface area (Å²) in [5, 5.41) is 11.7. The van der Waals surface area contributed by atoms with E-state index in [-0.39, 0.29) is 24.9 Å². The molecule has 9 heteroatoms. The molecular formula is C26H28ClN3O5. The summed E-state index contributed by atoms with van der Waals surface area (Å²) >= 11 is 6.74. The van der Waals surface area contributed by atoms with E-state index in [0.717, 1.165) is 53.9 Å². The fourth-order valence-corrected chi connectivity index (χ4v) is 5.43. The normalized spacial score (nSPS) is 26.7. The molecule has 0 aliphatic carbocycles. The van der Waals surface area contributed by atoms with Crippen molar-refractivity contribution in [1.82, 2.24) is 4.98 Å². The van der Waals surface area contributed by atoms with E-state index in [9.17, 15) is 5.11 Å². The van der Waals surface area contributed by atoms with Crippen LogP contribution >= 0.6 is 11.6 Å². The smallest absolute Gasteiger partial charge is 0.201 e. The molecule has 3 fully saturated rings. The van der Waals surface area contributed by atoms with Crippen molar-refractivity contribution in [2.75, 3.05) is 51.5 Å². The standard InChI is InChI=1S/C26H28ClN3O5/c1-28-12-19-18-10-17(15-2-4-16(5-3-15)30-6-8-32-9-7-30)20(27)11-21(18)29-26(19)35-23-14-34-24-22(31)13-33-25(23)24/h2-5,10-12,22-25,29,31H,6-9,13-14H2,1H3/t22-,23+,24+,25+/m0/s1. The quantitative estimate of drug-likeness (QED) is 0.526. The van der Waals surface area contributed by atoms with E-state index >= 15 is 0 Å². The molecule has 4 heterocycles.